The summed E-state index contributed by atoms with van der Waals surface area (Å²) in [6, 6.07) is 6.16. The normalized spacial score (nSPS) is 10.2. The molecule has 0 bridgehead atoms. The van der Waals surface area contributed by atoms with Gasteiger partial charge in [-0.2, -0.15) is 0 Å². The second-order valence-electron chi connectivity index (χ2n) is 3.81. The molecule has 0 atom stereocenters. The van der Waals surface area contributed by atoms with Gasteiger partial charge in [0.05, 0.1) is 6.07 Å². The molecular weight excluding hydrogens is 255 g/mol. The van der Waals surface area contributed by atoms with Crippen molar-refractivity contribution in [3.05, 3.63) is 57.6 Å². The van der Waals surface area contributed by atoms with Crippen LogP contribution in [0.3, 0.4) is 0 Å². The summed E-state index contributed by atoms with van der Waals surface area (Å²) in [6.07, 6.45) is 0. The van der Waals surface area contributed by atoms with Crippen molar-refractivity contribution in [3.8, 4) is 0 Å². The molecule has 1 amide bonds. The highest BCUT2D eigenvalue weighted by atomic mass is 19.1. The molecule has 1 heterocycles. The number of hydrogen-bond acceptors (Lipinski definition) is 4. The van der Waals surface area contributed by atoms with Crippen LogP contribution >= 0.6 is 0 Å². The molecule has 1 aromatic heterocycles. The first-order chi connectivity index (χ1) is 8.97. The number of nitrogens with one attached hydrogen (secondary N) is 1. The second kappa shape index (κ2) is 4.89. The van der Waals surface area contributed by atoms with Crippen LogP contribution < -0.4 is 5.32 Å². The molecular formula is C12H9FN2O4. The van der Waals surface area contributed by atoms with Gasteiger partial charge in [0.15, 0.2) is 5.76 Å². The number of nitrogens with zero attached hydrogens (tertiary/aromatic N) is 1. The van der Waals surface area contributed by atoms with Gasteiger partial charge in [0.1, 0.15) is 10.7 Å². The second-order valence-corrected chi connectivity index (χ2v) is 3.81. The van der Waals surface area contributed by atoms with Crippen LogP contribution in [0.4, 0.5) is 16.0 Å². The van der Waals surface area contributed by atoms with Gasteiger partial charge in [-0.05, 0) is 36.8 Å². The maximum absolute atomic E-state index is 12.9. The molecule has 0 aliphatic carbocycles. The zero-order chi connectivity index (χ0) is 14.0. The Balaban J connectivity index is 2.18. The number of rotatable bonds is 3. The highest BCUT2D eigenvalue weighted by Crippen LogP contribution is 2.19. The number of anilines is 1. The van der Waals surface area contributed by atoms with Crippen molar-refractivity contribution in [3.63, 3.8) is 0 Å². The minimum atomic E-state index is -0.736. The summed E-state index contributed by atoms with van der Waals surface area (Å²) in [6.45, 7) is 1.63. The van der Waals surface area contributed by atoms with Crippen LogP contribution in [0.25, 0.3) is 0 Å². The summed E-state index contributed by atoms with van der Waals surface area (Å²) >= 11 is 0. The monoisotopic (exact) mass is 264 g/mol. The Kier molecular flexibility index (Phi) is 3.28. The van der Waals surface area contributed by atoms with Gasteiger partial charge in [0, 0.05) is 5.69 Å². The molecule has 1 N–H and O–H groups in total. The molecule has 0 saturated carbocycles. The first-order valence-corrected chi connectivity index (χ1v) is 5.29. The predicted octanol–water partition coefficient (Wildman–Crippen LogP) is 2.89. The number of aryl methyl sites for hydroxylation is 1. The largest absolute Gasteiger partial charge is 0.433 e. The van der Waals surface area contributed by atoms with E-state index in [4.69, 9.17) is 4.42 Å². The van der Waals surface area contributed by atoms with Crippen LogP contribution in [-0.4, -0.2) is 10.8 Å². The molecule has 6 nitrogen and oxygen atoms in total. The number of carbonyl (C=O) groups excluding carboxylic acids is 1. The van der Waals surface area contributed by atoms with Crippen molar-refractivity contribution < 1.29 is 18.5 Å². The first-order valence-electron chi connectivity index (χ1n) is 5.29. The average Bonchev–Trinajstić information content (AvgIpc) is 2.82. The highest BCUT2D eigenvalue weighted by Gasteiger charge is 2.17. The Labute approximate surface area is 107 Å². The zero-order valence-electron chi connectivity index (χ0n) is 9.84. The fourth-order valence-electron chi connectivity index (χ4n) is 1.50. The van der Waals surface area contributed by atoms with Crippen LogP contribution in [0.5, 0.6) is 0 Å². The van der Waals surface area contributed by atoms with Crippen LogP contribution in [0.1, 0.15) is 16.1 Å². The summed E-state index contributed by atoms with van der Waals surface area (Å²) in [7, 11) is 0. The maximum Gasteiger partial charge on any atom is 0.433 e. The Morgan fingerprint density at radius 2 is 2.11 bits per heavy atom. The van der Waals surface area contributed by atoms with Crippen molar-refractivity contribution >= 4 is 17.5 Å². The van der Waals surface area contributed by atoms with Gasteiger partial charge in [-0.1, -0.05) is 0 Å². The number of furan rings is 1. The van der Waals surface area contributed by atoms with E-state index < -0.39 is 22.5 Å². The smallest absolute Gasteiger partial charge is 0.395 e. The minimum absolute atomic E-state index is 0.185. The lowest BCUT2D eigenvalue weighted by atomic mass is 10.2. The predicted molar refractivity (Wildman–Crippen MR) is 64.5 cm³/mol. The van der Waals surface area contributed by atoms with Crippen molar-refractivity contribution in [2.24, 2.45) is 0 Å². The van der Waals surface area contributed by atoms with Crippen LogP contribution in [-0.2, 0) is 0 Å². The number of hydrogen-bond donors (Lipinski definition) is 1. The topological polar surface area (TPSA) is 85.4 Å². The molecule has 98 valence electrons. The van der Waals surface area contributed by atoms with Gasteiger partial charge in [-0.25, -0.2) is 4.39 Å². The highest BCUT2D eigenvalue weighted by molar-refractivity contribution is 6.02. The first kappa shape index (κ1) is 12.7. The third kappa shape index (κ3) is 2.76. The fraction of sp³-hybridized carbons (Fsp3) is 0.0833. The average molecular weight is 264 g/mol. The molecule has 0 unspecified atom stereocenters. The standard InChI is InChI=1S/C12H9FN2O4/c1-7-6-8(13)2-3-9(7)14-12(16)10-4-5-11(19-10)15(17)18/h2-6H,1H3,(H,14,16). The number of carbonyl (C=O) groups is 1. The maximum atomic E-state index is 12.9. The quantitative estimate of drug-likeness (QED) is 0.682. The molecule has 0 aliphatic heterocycles. The Morgan fingerprint density at radius 1 is 1.37 bits per heavy atom. The fourth-order valence-corrected chi connectivity index (χ4v) is 1.50. The van der Waals surface area contributed by atoms with Gasteiger partial charge in [0.2, 0.25) is 0 Å². The zero-order valence-corrected chi connectivity index (χ0v) is 9.84. The van der Waals surface area contributed by atoms with Crippen LogP contribution in [0.15, 0.2) is 34.7 Å². The van der Waals surface area contributed by atoms with E-state index in [1.54, 1.807) is 6.92 Å². The molecule has 2 rings (SSSR count). The summed E-state index contributed by atoms with van der Waals surface area (Å²) in [4.78, 5) is 21.5. The third-order valence-corrected chi connectivity index (χ3v) is 2.43. The van der Waals surface area contributed by atoms with E-state index in [0.717, 1.165) is 6.07 Å². The van der Waals surface area contributed by atoms with Crippen molar-refractivity contribution in [2.75, 3.05) is 5.32 Å². The summed E-state index contributed by atoms with van der Waals surface area (Å²) < 4.78 is 17.7. The number of amides is 1. The van der Waals surface area contributed by atoms with E-state index in [1.165, 1.54) is 24.3 Å². The minimum Gasteiger partial charge on any atom is -0.395 e. The van der Waals surface area contributed by atoms with Gasteiger partial charge in [-0.3, -0.25) is 14.9 Å². The number of benzene rings is 1. The SMILES string of the molecule is Cc1cc(F)ccc1NC(=O)c1ccc([N+](=O)[O-])o1. The van der Waals surface area contributed by atoms with Crippen molar-refractivity contribution in [1.82, 2.24) is 0 Å². The Hall–Kier alpha value is -2.70. The van der Waals surface area contributed by atoms with Crippen LogP contribution in [0, 0.1) is 22.9 Å². The van der Waals surface area contributed by atoms with Gasteiger partial charge in [-0.15, -0.1) is 0 Å². The number of halogens is 1. The molecule has 0 radical (unpaired) electrons. The molecule has 2 aromatic rings. The molecule has 1 aromatic carbocycles. The molecule has 0 fully saturated rings. The lowest BCUT2D eigenvalue weighted by Gasteiger charge is -2.06. The lowest BCUT2D eigenvalue weighted by molar-refractivity contribution is -0.402. The van der Waals surface area contributed by atoms with E-state index in [1.807, 2.05) is 0 Å². The number of nitro groups is 1. The molecule has 0 aliphatic rings. The van der Waals surface area contributed by atoms with Crippen LogP contribution in [0.2, 0.25) is 0 Å². The van der Waals surface area contributed by atoms with Gasteiger partial charge < -0.3 is 9.73 Å². The van der Waals surface area contributed by atoms with Gasteiger partial charge >= 0.3 is 5.88 Å². The van der Waals surface area contributed by atoms with Crippen molar-refractivity contribution in [1.29, 1.82) is 0 Å². The Bertz CT molecular complexity index is 651. The van der Waals surface area contributed by atoms with E-state index in [2.05, 4.69) is 5.32 Å². The van der Waals surface area contributed by atoms with E-state index in [0.29, 0.717) is 11.3 Å². The lowest BCUT2D eigenvalue weighted by Crippen LogP contribution is -2.11. The molecule has 19 heavy (non-hydrogen) atoms. The van der Waals surface area contributed by atoms with E-state index in [-0.39, 0.29) is 5.76 Å². The van der Waals surface area contributed by atoms with E-state index in [9.17, 15) is 19.3 Å². The Morgan fingerprint density at radius 3 is 2.68 bits per heavy atom. The van der Waals surface area contributed by atoms with Gasteiger partial charge in [0.25, 0.3) is 5.91 Å². The molecule has 0 saturated heterocycles. The summed E-state index contributed by atoms with van der Waals surface area (Å²) in [5, 5.41) is 12.9. The molecule has 0 spiro atoms. The third-order valence-electron chi connectivity index (χ3n) is 2.43. The molecule has 7 heteroatoms. The summed E-state index contributed by atoms with van der Waals surface area (Å²) in [5.41, 5.74) is 0.944. The van der Waals surface area contributed by atoms with E-state index >= 15 is 0 Å². The van der Waals surface area contributed by atoms with Crippen molar-refractivity contribution in [2.45, 2.75) is 6.92 Å². The summed E-state index contributed by atoms with van der Waals surface area (Å²) in [5.74, 6) is -1.75.